The molecule has 1 atom stereocenters. The molecular formula is C21H21F3N6O3S. The highest BCUT2D eigenvalue weighted by molar-refractivity contribution is 7.89. The van der Waals surface area contributed by atoms with Gasteiger partial charge in [-0.25, -0.2) is 18.5 Å². The van der Waals surface area contributed by atoms with Crippen LogP contribution >= 0.6 is 0 Å². The third-order valence-corrected chi connectivity index (χ3v) is 7.37. The number of carbonyl (C=O) groups excluding carboxylic acids is 1. The number of aromatic nitrogens is 3. The third-order valence-electron chi connectivity index (χ3n) is 6.44. The Kier molecular flexibility index (Phi) is 5.09. The number of hydrogen-bond acceptors (Lipinski definition) is 6. The molecule has 180 valence electrons. The number of halogens is 3. The maximum atomic E-state index is 13.8. The number of anilines is 2. The number of sulfonamides is 1. The molecule has 1 aliphatic heterocycles. The monoisotopic (exact) mass is 494 g/mol. The summed E-state index contributed by atoms with van der Waals surface area (Å²) in [5.74, 6) is -0.552. The fraction of sp³-hybridized carbons (Fsp3) is 0.381. The van der Waals surface area contributed by atoms with E-state index in [2.05, 4.69) is 20.6 Å². The van der Waals surface area contributed by atoms with Crippen LogP contribution in [0.1, 0.15) is 43.8 Å². The fourth-order valence-electron chi connectivity index (χ4n) is 4.87. The van der Waals surface area contributed by atoms with Crippen LogP contribution in [0, 0.1) is 0 Å². The van der Waals surface area contributed by atoms with Crippen LogP contribution in [0.2, 0.25) is 0 Å². The van der Waals surface area contributed by atoms with E-state index in [0.717, 1.165) is 19.3 Å². The molecule has 0 radical (unpaired) electrons. The highest BCUT2D eigenvalue weighted by atomic mass is 32.2. The van der Waals surface area contributed by atoms with Crippen molar-refractivity contribution in [3.8, 4) is 0 Å². The Hall–Kier alpha value is -3.19. The molecule has 0 saturated heterocycles. The van der Waals surface area contributed by atoms with Gasteiger partial charge in [0.15, 0.2) is 6.04 Å². The second kappa shape index (κ2) is 7.67. The number of benzene rings is 1. The van der Waals surface area contributed by atoms with E-state index in [1.807, 2.05) is 0 Å². The summed E-state index contributed by atoms with van der Waals surface area (Å²) in [6.07, 6.45) is -0.0844. The number of alkyl halides is 3. The number of primary sulfonamides is 1. The molecule has 34 heavy (non-hydrogen) atoms. The number of amides is 1. The first-order valence-electron chi connectivity index (χ1n) is 10.7. The molecule has 2 aromatic heterocycles. The molecule has 4 N–H and O–H groups in total. The average molecular weight is 494 g/mol. The molecular weight excluding hydrogens is 473 g/mol. The van der Waals surface area contributed by atoms with Crippen LogP contribution in [-0.4, -0.2) is 35.0 Å². The van der Waals surface area contributed by atoms with Gasteiger partial charge in [0.05, 0.1) is 10.6 Å². The van der Waals surface area contributed by atoms with Crippen LogP contribution in [0.3, 0.4) is 0 Å². The van der Waals surface area contributed by atoms with Crippen molar-refractivity contribution in [3.63, 3.8) is 0 Å². The molecule has 5 rings (SSSR count). The molecule has 3 heterocycles. The van der Waals surface area contributed by atoms with Crippen molar-refractivity contribution in [2.24, 2.45) is 5.14 Å². The molecule has 1 aliphatic carbocycles. The van der Waals surface area contributed by atoms with E-state index in [0.29, 0.717) is 23.9 Å². The van der Waals surface area contributed by atoms with Gasteiger partial charge in [-0.05, 0) is 43.2 Å². The Morgan fingerprint density at radius 3 is 2.44 bits per heavy atom. The zero-order valence-electron chi connectivity index (χ0n) is 17.8. The van der Waals surface area contributed by atoms with Gasteiger partial charge >= 0.3 is 6.18 Å². The average Bonchev–Trinajstić information content (AvgIpc) is 3.15. The van der Waals surface area contributed by atoms with E-state index in [4.69, 9.17) is 5.14 Å². The maximum Gasteiger partial charge on any atom is 0.414 e. The first-order chi connectivity index (χ1) is 16.0. The lowest BCUT2D eigenvalue weighted by molar-refractivity contribution is -0.173. The summed E-state index contributed by atoms with van der Waals surface area (Å²) in [5, 5.41) is 10.6. The topological polar surface area (TPSA) is 132 Å². The minimum atomic E-state index is -4.67. The first-order valence-corrected chi connectivity index (χ1v) is 12.2. The van der Waals surface area contributed by atoms with Gasteiger partial charge in [-0.3, -0.25) is 4.79 Å². The van der Waals surface area contributed by atoms with Crippen molar-refractivity contribution in [3.05, 3.63) is 42.2 Å². The van der Waals surface area contributed by atoms with Gasteiger partial charge in [0.2, 0.25) is 21.9 Å². The SMILES string of the molecule is NS(=O)(=O)c1ccc(Nc2ncc3cc4n(c3n2)C2(CCCCC2)C(=O)N[C@H]4C(F)(F)F)cc1. The molecule has 1 spiro atoms. The molecule has 13 heteroatoms. The van der Waals surface area contributed by atoms with E-state index >= 15 is 0 Å². The minimum absolute atomic E-state index is 0.0621. The highest BCUT2D eigenvalue weighted by Gasteiger charge is 2.54. The molecule has 1 saturated carbocycles. The van der Waals surface area contributed by atoms with Crippen LogP contribution in [0.5, 0.6) is 0 Å². The van der Waals surface area contributed by atoms with Crippen LogP contribution in [-0.2, 0) is 20.4 Å². The number of hydrogen-bond donors (Lipinski definition) is 3. The Labute approximate surface area is 192 Å². The number of fused-ring (bicyclic) bond motifs is 4. The summed E-state index contributed by atoms with van der Waals surface area (Å²) < 4.78 is 65.8. The van der Waals surface area contributed by atoms with E-state index in [-0.39, 0.29) is 22.2 Å². The molecule has 9 nitrogen and oxygen atoms in total. The van der Waals surface area contributed by atoms with Gasteiger partial charge in [0.1, 0.15) is 11.2 Å². The number of carbonyl (C=O) groups is 1. The van der Waals surface area contributed by atoms with Crippen LogP contribution in [0.25, 0.3) is 11.0 Å². The largest absolute Gasteiger partial charge is 0.414 e. The van der Waals surface area contributed by atoms with Crippen molar-refractivity contribution in [1.29, 1.82) is 0 Å². The van der Waals surface area contributed by atoms with E-state index in [1.165, 1.54) is 41.1 Å². The lowest BCUT2D eigenvalue weighted by atomic mass is 9.78. The lowest BCUT2D eigenvalue weighted by Gasteiger charge is -2.44. The van der Waals surface area contributed by atoms with Gasteiger partial charge in [0.25, 0.3) is 0 Å². The van der Waals surface area contributed by atoms with Crippen LogP contribution in [0.15, 0.2) is 41.4 Å². The van der Waals surface area contributed by atoms with Crippen LogP contribution in [0.4, 0.5) is 24.8 Å². The summed E-state index contributed by atoms with van der Waals surface area (Å²) in [4.78, 5) is 21.7. The molecule has 1 amide bonds. The van der Waals surface area contributed by atoms with Crippen molar-refractivity contribution in [2.45, 2.75) is 54.8 Å². The quantitative estimate of drug-likeness (QED) is 0.512. The van der Waals surface area contributed by atoms with Gasteiger partial charge in [0, 0.05) is 17.3 Å². The summed E-state index contributed by atoms with van der Waals surface area (Å²) in [5.41, 5.74) is -0.511. The maximum absolute atomic E-state index is 13.8. The second-order valence-corrected chi connectivity index (χ2v) is 10.2. The summed E-state index contributed by atoms with van der Waals surface area (Å²) in [7, 11) is -3.85. The smallest absolute Gasteiger partial charge is 0.338 e. The summed E-state index contributed by atoms with van der Waals surface area (Å²) >= 11 is 0. The normalized spacial score (nSPS) is 20.2. The number of nitrogens with zero attached hydrogens (tertiary/aromatic N) is 3. The lowest BCUT2D eigenvalue weighted by Crippen LogP contribution is -2.58. The summed E-state index contributed by atoms with van der Waals surface area (Å²) in [6.45, 7) is 0. The zero-order chi connectivity index (χ0) is 24.3. The number of nitrogens with two attached hydrogens (primary N) is 1. The van der Waals surface area contributed by atoms with E-state index < -0.39 is 33.7 Å². The van der Waals surface area contributed by atoms with Gasteiger partial charge in [-0.2, -0.15) is 18.2 Å². The predicted molar refractivity (Wildman–Crippen MR) is 117 cm³/mol. The molecule has 3 aromatic rings. The molecule has 1 fully saturated rings. The predicted octanol–water partition coefficient (Wildman–Crippen LogP) is 3.21. The number of rotatable bonds is 3. The standard InChI is InChI=1S/C21H21F3N6O3S/c22-21(23,24)16-15-10-12-11-26-19(27-13-4-6-14(7-5-13)34(25,32)33)29-17(12)30(15)20(18(31)28-16)8-2-1-3-9-20/h4-7,10-11,16H,1-3,8-9H2,(H,28,31)(H2,25,32,33)(H,26,27,29)/t16-/m1/s1. The molecule has 0 unspecified atom stereocenters. The fourth-order valence-corrected chi connectivity index (χ4v) is 5.38. The van der Waals surface area contributed by atoms with Crippen LogP contribution < -0.4 is 15.8 Å². The summed E-state index contributed by atoms with van der Waals surface area (Å²) in [6, 6.07) is 4.81. The Morgan fingerprint density at radius 1 is 1.15 bits per heavy atom. The van der Waals surface area contributed by atoms with E-state index in [1.54, 1.807) is 0 Å². The van der Waals surface area contributed by atoms with E-state index in [9.17, 15) is 26.4 Å². The Morgan fingerprint density at radius 2 is 1.82 bits per heavy atom. The molecule has 1 aromatic carbocycles. The van der Waals surface area contributed by atoms with Gasteiger partial charge in [-0.15, -0.1) is 0 Å². The minimum Gasteiger partial charge on any atom is -0.338 e. The van der Waals surface area contributed by atoms with Gasteiger partial charge < -0.3 is 15.2 Å². The van der Waals surface area contributed by atoms with Crippen molar-refractivity contribution < 1.29 is 26.4 Å². The molecule has 0 bridgehead atoms. The highest BCUT2D eigenvalue weighted by Crippen LogP contribution is 2.47. The Balaban J connectivity index is 1.61. The zero-order valence-corrected chi connectivity index (χ0v) is 18.6. The second-order valence-electron chi connectivity index (χ2n) is 8.61. The molecule has 2 aliphatic rings. The third kappa shape index (κ3) is 3.68. The number of nitrogens with one attached hydrogen (secondary N) is 2. The van der Waals surface area contributed by atoms with Crippen molar-refractivity contribution >= 4 is 38.6 Å². The van der Waals surface area contributed by atoms with Gasteiger partial charge in [-0.1, -0.05) is 19.3 Å². The first kappa shape index (κ1) is 22.6. The van der Waals surface area contributed by atoms with Crippen molar-refractivity contribution in [2.75, 3.05) is 5.32 Å². The van der Waals surface area contributed by atoms with Crippen molar-refractivity contribution in [1.82, 2.24) is 19.9 Å². The Bertz CT molecular complexity index is 1380.